The molecule has 0 radical (unpaired) electrons. The summed E-state index contributed by atoms with van der Waals surface area (Å²) in [6.07, 6.45) is 8.81. The first-order chi connectivity index (χ1) is 6.68. The van der Waals surface area contributed by atoms with Crippen LogP contribution in [0.15, 0.2) is 0 Å². The van der Waals surface area contributed by atoms with Crippen molar-refractivity contribution in [2.75, 3.05) is 0 Å². The smallest absolute Gasteiger partial charge is 0.227 e. The first kappa shape index (κ1) is 13.7. The fourth-order valence-corrected chi connectivity index (χ4v) is 1.65. The van der Waals surface area contributed by atoms with Gasteiger partial charge >= 0.3 is 0 Å². The third-order valence-corrected chi connectivity index (χ3v) is 2.87. The number of rotatable bonds is 8. The zero-order chi connectivity index (χ0) is 10.8. The second-order valence-electron chi connectivity index (χ2n) is 3.57. The van der Waals surface area contributed by atoms with Crippen LogP contribution in [0.1, 0.15) is 58.3 Å². The Morgan fingerprint density at radius 3 is 2.00 bits per heavy atom. The fraction of sp³-hybridized carbons (Fsp3) is 0.900. The normalized spacial score (nSPS) is 10.1. The van der Waals surface area contributed by atoms with E-state index in [4.69, 9.17) is 5.73 Å². The summed E-state index contributed by atoms with van der Waals surface area (Å²) in [6.45, 7) is 2.19. The monoisotopic (exact) mass is 219 g/mol. The van der Waals surface area contributed by atoms with Crippen molar-refractivity contribution in [2.45, 2.75) is 58.3 Å². The number of hydrogen-bond acceptors (Lipinski definition) is 2. The Balaban J connectivity index is 3.26. The third-order valence-electron chi connectivity index (χ3n) is 2.24. The fourth-order valence-electron chi connectivity index (χ4n) is 1.34. The van der Waals surface area contributed by atoms with Crippen LogP contribution in [0.2, 0.25) is 0 Å². The van der Waals surface area contributed by atoms with E-state index in [9.17, 15) is 8.42 Å². The maximum Gasteiger partial charge on any atom is 0.227 e. The molecule has 0 fully saturated rings. The summed E-state index contributed by atoms with van der Waals surface area (Å²) in [7, 11) is -2.18. The van der Waals surface area contributed by atoms with Gasteiger partial charge in [-0.15, -0.1) is 0 Å². The molecule has 0 saturated carbocycles. The van der Waals surface area contributed by atoms with Crippen molar-refractivity contribution in [3.63, 3.8) is 0 Å². The Morgan fingerprint density at radius 2 is 1.50 bits per heavy atom. The van der Waals surface area contributed by atoms with E-state index in [1.807, 2.05) is 0 Å². The van der Waals surface area contributed by atoms with Crippen LogP contribution in [-0.2, 0) is 10.3 Å². The first-order valence-corrected chi connectivity index (χ1v) is 6.46. The standard InChI is InChI=1S/C10H21NO2S/c1-2-3-4-5-6-7-8-9-10(11)14(12)13/h2-9,11H2,1H3. The maximum absolute atomic E-state index is 10.3. The Labute approximate surface area is 88.2 Å². The summed E-state index contributed by atoms with van der Waals surface area (Å²) in [5.41, 5.74) is 5.28. The molecule has 0 bridgehead atoms. The maximum atomic E-state index is 10.3. The van der Waals surface area contributed by atoms with Crippen molar-refractivity contribution >= 4 is 15.3 Å². The highest BCUT2D eigenvalue weighted by Gasteiger charge is 1.95. The lowest BCUT2D eigenvalue weighted by molar-refractivity contribution is 0.595. The molecule has 0 saturated heterocycles. The van der Waals surface area contributed by atoms with Gasteiger partial charge < -0.3 is 0 Å². The lowest BCUT2D eigenvalue weighted by Crippen LogP contribution is -2.11. The lowest BCUT2D eigenvalue weighted by Gasteiger charge is -1.99. The van der Waals surface area contributed by atoms with Crippen LogP contribution >= 0.6 is 0 Å². The van der Waals surface area contributed by atoms with Gasteiger partial charge in [0.05, 0.1) is 0 Å². The van der Waals surface area contributed by atoms with E-state index in [0.717, 1.165) is 12.8 Å². The second kappa shape index (κ2) is 9.21. The van der Waals surface area contributed by atoms with Crippen molar-refractivity contribution in [1.82, 2.24) is 0 Å². The predicted octanol–water partition coefficient (Wildman–Crippen LogP) is 2.09. The molecule has 0 aliphatic carbocycles. The van der Waals surface area contributed by atoms with Crippen LogP contribution in [0.4, 0.5) is 0 Å². The first-order valence-electron chi connectivity index (χ1n) is 5.39. The van der Waals surface area contributed by atoms with Gasteiger partial charge in [-0.05, 0) is 12.8 Å². The van der Waals surface area contributed by atoms with Gasteiger partial charge in [-0.1, -0.05) is 45.4 Å². The van der Waals surface area contributed by atoms with Crippen molar-refractivity contribution in [3.8, 4) is 0 Å². The van der Waals surface area contributed by atoms with Gasteiger partial charge in [0.1, 0.15) is 4.99 Å². The molecule has 4 heteroatoms. The van der Waals surface area contributed by atoms with Gasteiger partial charge in [0.15, 0.2) is 0 Å². The minimum Gasteiger partial charge on any atom is -0.293 e. The topological polar surface area (TPSA) is 60.2 Å². The average Bonchev–Trinajstić information content (AvgIpc) is 2.16. The molecule has 14 heavy (non-hydrogen) atoms. The van der Waals surface area contributed by atoms with E-state index in [-0.39, 0.29) is 4.99 Å². The van der Waals surface area contributed by atoms with Crippen molar-refractivity contribution in [2.24, 2.45) is 5.73 Å². The van der Waals surface area contributed by atoms with Crippen molar-refractivity contribution in [3.05, 3.63) is 0 Å². The number of unbranched alkanes of at least 4 members (excludes halogenated alkanes) is 6. The van der Waals surface area contributed by atoms with Gasteiger partial charge in [0.2, 0.25) is 10.3 Å². The molecular weight excluding hydrogens is 198 g/mol. The van der Waals surface area contributed by atoms with E-state index in [1.54, 1.807) is 0 Å². The zero-order valence-corrected chi connectivity index (χ0v) is 9.78. The Kier molecular flexibility index (Phi) is 8.98. The average molecular weight is 219 g/mol. The third kappa shape index (κ3) is 8.26. The summed E-state index contributed by atoms with van der Waals surface area (Å²) in [5, 5.41) is 0. The highest BCUT2D eigenvalue weighted by atomic mass is 32.2. The summed E-state index contributed by atoms with van der Waals surface area (Å²) < 4.78 is 20.7. The summed E-state index contributed by atoms with van der Waals surface area (Å²) >= 11 is 0. The molecule has 0 aromatic rings. The van der Waals surface area contributed by atoms with Gasteiger partial charge in [0.25, 0.3) is 0 Å². The predicted molar refractivity (Wildman–Crippen MR) is 60.7 cm³/mol. The van der Waals surface area contributed by atoms with Crippen LogP contribution in [0.25, 0.3) is 0 Å². The molecule has 0 unspecified atom stereocenters. The lowest BCUT2D eigenvalue weighted by atomic mass is 10.1. The van der Waals surface area contributed by atoms with E-state index in [1.165, 1.54) is 32.1 Å². The van der Waals surface area contributed by atoms with E-state index >= 15 is 0 Å². The van der Waals surface area contributed by atoms with E-state index in [0.29, 0.717) is 6.42 Å². The highest BCUT2D eigenvalue weighted by Crippen LogP contribution is 2.07. The second-order valence-corrected chi connectivity index (χ2v) is 4.57. The molecule has 0 aromatic heterocycles. The Bertz CT molecular complexity index is 249. The molecule has 0 spiro atoms. The van der Waals surface area contributed by atoms with Crippen LogP contribution in [0.3, 0.4) is 0 Å². The van der Waals surface area contributed by atoms with Crippen molar-refractivity contribution in [1.29, 1.82) is 0 Å². The molecule has 0 aliphatic rings. The molecule has 0 rings (SSSR count). The molecule has 3 nitrogen and oxygen atoms in total. The number of nitrogens with two attached hydrogens (primary N) is 1. The number of hydrogen-bond donors (Lipinski definition) is 1. The Morgan fingerprint density at radius 1 is 1.00 bits per heavy atom. The molecule has 0 aromatic carbocycles. The Hall–Kier alpha value is -0.350. The minimum absolute atomic E-state index is 0.0959. The SMILES string of the molecule is CCCCCCCCCC(N)=S(=O)=O. The van der Waals surface area contributed by atoms with Gasteiger partial charge in [-0.25, -0.2) is 0 Å². The molecule has 0 amide bonds. The van der Waals surface area contributed by atoms with E-state index < -0.39 is 10.3 Å². The highest BCUT2D eigenvalue weighted by molar-refractivity contribution is 7.72. The molecule has 84 valence electrons. The van der Waals surface area contributed by atoms with Crippen LogP contribution < -0.4 is 5.73 Å². The largest absolute Gasteiger partial charge is 0.293 e. The zero-order valence-electron chi connectivity index (χ0n) is 8.96. The summed E-state index contributed by atoms with van der Waals surface area (Å²) in [5.74, 6) is 0. The van der Waals surface area contributed by atoms with Gasteiger partial charge in [-0.3, -0.25) is 5.73 Å². The minimum atomic E-state index is -2.18. The summed E-state index contributed by atoms with van der Waals surface area (Å²) in [4.78, 5) is 0.0959. The van der Waals surface area contributed by atoms with Crippen LogP contribution in [0.5, 0.6) is 0 Å². The molecule has 0 atom stereocenters. The summed E-state index contributed by atoms with van der Waals surface area (Å²) in [6, 6.07) is 0. The van der Waals surface area contributed by atoms with Crippen molar-refractivity contribution < 1.29 is 8.42 Å². The van der Waals surface area contributed by atoms with Gasteiger partial charge in [0, 0.05) is 0 Å². The molecular formula is C10H21NO2S. The molecule has 2 N–H and O–H groups in total. The van der Waals surface area contributed by atoms with Crippen LogP contribution in [0, 0.1) is 0 Å². The molecule has 0 aliphatic heterocycles. The molecule has 0 heterocycles. The van der Waals surface area contributed by atoms with E-state index in [2.05, 4.69) is 6.92 Å². The quantitative estimate of drug-likeness (QED) is 0.502. The van der Waals surface area contributed by atoms with Gasteiger partial charge in [-0.2, -0.15) is 8.42 Å². The van der Waals surface area contributed by atoms with Crippen LogP contribution in [-0.4, -0.2) is 13.4 Å².